The third kappa shape index (κ3) is 4.10. The molecule has 50 heavy (non-hydrogen) atoms. The smallest absolute Gasteiger partial charge is 0.313 e. The van der Waals surface area contributed by atoms with Crippen LogP contribution in [0, 0.1) is 50.7 Å². The van der Waals surface area contributed by atoms with Gasteiger partial charge in [-0.1, -0.05) is 89.6 Å². The summed E-state index contributed by atoms with van der Waals surface area (Å²) in [4.78, 5) is 53.4. The van der Waals surface area contributed by atoms with Crippen LogP contribution in [0.5, 0.6) is 0 Å². The zero-order valence-corrected chi connectivity index (χ0v) is 30.2. The van der Waals surface area contributed by atoms with E-state index >= 15 is 4.79 Å². The van der Waals surface area contributed by atoms with E-state index in [0.29, 0.717) is 49.7 Å². The standard InChI is InChI=1S/C42H52O8/c1-24(21-28(43)32(46)25(2)35(47)48)39-16-10-17-42-34-31(29(44)22-38(39,42)6)37(5)18-15-30(45)36(3,4)33(37)27(14-13-26-11-8-7-9-12-26)41(34,50)20-19-40(42,49)23-39/h7-9,11-14,19-20,24-25,27-28,33,43,49-50H,10,15-18,21-23H2,1-6H3,(H,47,48). The zero-order valence-electron chi connectivity index (χ0n) is 30.2. The molecule has 0 amide bonds. The van der Waals surface area contributed by atoms with Crippen LogP contribution in [0.4, 0.5) is 0 Å². The summed E-state index contributed by atoms with van der Waals surface area (Å²) in [5.74, 6) is -4.68. The predicted octanol–water partition coefficient (Wildman–Crippen LogP) is 5.89. The van der Waals surface area contributed by atoms with Gasteiger partial charge in [-0.05, 0) is 78.9 Å². The van der Waals surface area contributed by atoms with Gasteiger partial charge in [-0.15, -0.1) is 0 Å². The van der Waals surface area contributed by atoms with Crippen molar-refractivity contribution in [1.29, 1.82) is 0 Å². The van der Waals surface area contributed by atoms with Crippen LogP contribution >= 0.6 is 0 Å². The number of aliphatic hydroxyl groups is 3. The molecule has 0 aliphatic heterocycles. The van der Waals surface area contributed by atoms with Gasteiger partial charge in [-0.2, -0.15) is 0 Å². The van der Waals surface area contributed by atoms with Crippen molar-refractivity contribution in [2.75, 3.05) is 0 Å². The van der Waals surface area contributed by atoms with Crippen molar-refractivity contribution in [1.82, 2.24) is 0 Å². The number of carboxylic acids is 1. The van der Waals surface area contributed by atoms with Crippen LogP contribution in [0.1, 0.15) is 98.5 Å². The number of Topliss-reactive ketones (excluding diaryl/α,β-unsaturated/α-hetero) is 3. The lowest BCUT2D eigenvalue weighted by molar-refractivity contribution is -0.177. The van der Waals surface area contributed by atoms with Crippen LogP contribution in [0.15, 0.2) is 59.7 Å². The van der Waals surface area contributed by atoms with Gasteiger partial charge in [-0.3, -0.25) is 19.2 Å². The van der Waals surface area contributed by atoms with Crippen LogP contribution in [-0.4, -0.2) is 61.1 Å². The molecule has 2 bridgehead atoms. The van der Waals surface area contributed by atoms with Gasteiger partial charge in [0.1, 0.15) is 23.4 Å². The summed E-state index contributed by atoms with van der Waals surface area (Å²) in [7, 11) is 0. The van der Waals surface area contributed by atoms with Crippen molar-refractivity contribution in [3.63, 3.8) is 0 Å². The minimum Gasteiger partial charge on any atom is -0.481 e. The fourth-order valence-corrected chi connectivity index (χ4v) is 13.2. The molecule has 3 saturated carbocycles. The Labute approximate surface area is 294 Å². The van der Waals surface area contributed by atoms with E-state index in [0.717, 1.165) is 5.56 Å². The number of carboxylic acid groups (broad SMARTS) is 1. The molecule has 268 valence electrons. The summed E-state index contributed by atoms with van der Waals surface area (Å²) in [5.41, 5.74) is -5.07. The summed E-state index contributed by atoms with van der Waals surface area (Å²) in [6.45, 7) is 11.3. The SMILES string of the molecule is CC(C(=O)O)C(=O)C(O)CC(C)C12CCCC34C5=C(C(=O)CC13C)C1(C)CCC(=O)C(C)(C)C1C(C=Cc1ccccc1)C5(O)C=CC4(O)C2. The Morgan fingerprint density at radius 3 is 2.32 bits per heavy atom. The second-order valence-electron chi connectivity index (χ2n) is 17.8. The Kier molecular flexibility index (Phi) is 7.68. The van der Waals surface area contributed by atoms with Gasteiger partial charge >= 0.3 is 5.97 Å². The highest BCUT2D eigenvalue weighted by Crippen LogP contribution is 2.84. The van der Waals surface area contributed by atoms with E-state index in [9.17, 15) is 34.8 Å². The van der Waals surface area contributed by atoms with Crippen molar-refractivity contribution in [3.8, 4) is 0 Å². The van der Waals surface area contributed by atoms with E-state index in [4.69, 9.17) is 0 Å². The van der Waals surface area contributed by atoms with E-state index in [-0.39, 0.29) is 30.3 Å². The highest BCUT2D eigenvalue weighted by molar-refractivity contribution is 6.02. The number of hydrogen-bond acceptors (Lipinski definition) is 7. The predicted molar refractivity (Wildman–Crippen MR) is 187 cm³/mol. The molecule has 4 N–H and O–H groups in total. The molecule has 1 aromatic carbocycles. The molecule has 7 rings (SSSR count). The van der Waals surface area contributed by atoms with Crippen LogP contribution < -0.4 is 0 Å². The van der Waals surface area contributed by atoms with Crippen molar-refractivity contribution in [2.24, 2.45) is 50.7 Å². The Bertz CT molecular complexity index is 1770. The Morgan fingerprint density at radius 2 is 1.66 bits per heavy atom. The topological polar surface area (TPSA) is 149 Å². The molecule has 6 aliphatic carbocycles. The summed E-state index contributed by atoms with van der Waals surface area (Å²) in [6, 6.07) is 9.83. The Morgan fingerprint density at radius 1 is 0.980 bits per heavy atom. The number of ketones is 3. The summed E-state index contributed by atoms with van der Waals surface area (Å²) in [6.07, 6.45) is 9.17. The highest BCUT2D eigenvalue weighted by atomic mass is 16.4. The molecule has 11 atom stereocenters. The molecular weight excluding hydrogens is 632 g/mol. The van der Waals surface area contributed by atoms with E-state index in [1.807, 2.05) is 63.3 Å². The molecule has 0 radical (unpaired) electrons. The van der Waals surface area contributed by atoms with Crippen molar-refractivity contribution in [3.05, 3.63) is 65.3 Å². The zero-order chi connectivity index (χ0) is 36.4. The molecule has 0 saturated heterocycles. The van der Waals surface area contributed by atoms with Crippen LogP contribution in [0.3, 0.4) is 0 Å². The third-order valence-corrected chi connectivity index (χ3v) is 15.5. The monoisotopic (exact) mass is 684 g/mol. The molecule has 0 heterocycles. The maximum atomic E-state index is 15.1. The van der Waals surface area contributed by atoms with Gasteiger partial charge in [0.05, 0.1) is 5.60 Å². The molecule has 6 aliphatic rings. The fourth-order valence-electron chi connectivity index (χ4n) is 13.2. The lowest BCUT2D eigenvalue weighted by Gasteiger charge is -2.70. The Hall–Kier alpha value is -3.20. The molecule has 1 aromatic rings. The number of aliphatic carboxylic acids is 1. The second kappa shape index (κ2) is 10.9. The van der Waals surface area contributed by atoms with E-state index in [1.165, 1.54) is 6.92 Å². The van der Waals surface area contributed by atoms with Crippen molar-refractivity contribution in [2.45, 2.75) is 110 Å². The van der Waals surface area contributed by atoms with Crippen molar-refractivity contribution >= 4 is 29.4 Å². The quantitative estimate of drug-likeness (QED) is 0.196. The maximum Gasteiger partial charge on any atom is 0.313 e. The summed E-state index contributed by atoms with van der Waals surface area (Å²) >= 11 is 0. The minimum atomic E-state index is -1.66. The van der Waals surface area contributed by atoms with E-state index in [1.54, 1.807) is 12.2 Å². The molecule has 0 aromatic heterocycles. The Balaban J connectivity index is 1.45. The van der Waals surface area contributed by atoms with E-state index < -0.39 is 73.9 Å². The number of rotatable bonds is 8. The first-order valence-electron chi connectivity index (χ1n) is 18.4. The fraction of sp³-hybridized carbons (Fsp3) is 0.619. The number of carbonyl (C=O) groups excluding carboxylic acids is 3. The normalized spacial score (nSPS) is 42.9. The number of hydrogen-bond donors (Lipinski definition) is 4. The van der Waals surface area contributed by atoms with Crippen LogP contribution in [0.25, 0.3) is 6.08 Å². The number of carbonyl (C=O) groups is 4. The van der Waals surface area contributed by atoms with Crippen molar-refractivity contribution < 1.29 is 39.6 Å². The number of aliphatic hydroxyl groups excluding tert-OH is 1. The number of benzene rings is 1. The maximum absolute atomic E-state index is 15.1. The molecule has 1 spiro atoms. The van der Waals surface area contributed by atoms with Gasteiger partial charge in [-0.25, -0.2) is 0 Å². The number of fused-ring (bicyclic) bond motifs is 2. The van der Waals surface area contributed by atoms with Gasteiger partial charge in [0.15, 0.2) is 11.6 Å². The molecule has 8 nitrogen and oxygen atoms in total. The minimum absolute atomic E-state index is 0.00477. The first-order valence-corrected chi connectivity index (χ1v) is 18.4. The van der Waals surface area contributed by atoms with Crippen LogP contribution in [0.2, 0.25) is 0 Å². The van der Waals surface area contributed by atoms with Gasteiger partial charge in [0.2, 0.25) is 0 Å². The first-order chi connectivity index (χ1) is 23.3. The lowest BCUT2D eigenvalue weighted by atomic mass is 9.33. The highest BCUT2D eigenvalue weighted by Gasteiger charge is 2.84. The van der Waals surface area contributed by atoms with Gasteiger partial charge in [0, 0.05) is 40.6 Å². The largest absolute Gasteiger partial charge is 0.481 e. The molecule has 8 heteroatoms. The average Bonchev–Trinajstić information content (AvgIpc) is 3.13. The lowest BCUT2D eigenvalue weighted by Crippen LogP contribution is -2.71. The molecule has 3 fully saturated rings. The first kappa shape index (κ1) is 35.2. The second-order valence-corrected chi connectivity index (χ2v) is 17.8. The molecular formula is C42H52O8. The van der Waals surface area contributed by atoms with Gasteiger partial charge in [0.25, 0.3) is 0 Å². The average molecular weight is 685 g/mol. The third-order valence-electron chi connectivity index (χ3n) is 15.5. The molecule has 11 unspecified atom stereocenters. The number of allylic oxidation sites excluding steroid dienone is 1. The summed E-state index contributed by atoms with van der Waals surface area (Å²) < 4.78 is 0. The summed E-state index contributed by atoms with van der Waals surface area (Å²) in [5, 5.41) is 47.1. The van der Waals surface area contributed by atoms with E-state index in [2.05, 4.69) is 13.8 Å². The van der Waals surface area contributed by atoms with Crippen LogP contribution in [-0.2, 0) is 19.2 Å². The van der Waals surface area contributed by atoms with Gasteiger partial charge < -0.3 is 20.4 Å².